The van der Waals surface area contributed by atoms with Crippen LogP contribution in [0.1, 0.15) is 6.92 Å². The highest BCUT2D eigenvalue weighted by Crippen LogP contribution is 2.15. The number of sulfonamides is 1. The fourth-order valence-electron chi connectivity index (χ4n) is 1.58. The fourth-order valence-corrected chi connectivity index (χ4v) is 2.00. The van der Waals surface area contributed by atoms with Gasteiger partial charge in [0.05, 0.1) is 6.26 Å². The molecule has 0 unspecified atom stereocenters. The van der Waals surface area contributed by atoms with E-state index < -0.39 is 10.0 Å². The van der Waals surface area contributed by atoms with Crippen molar-refractivity contribution in [2.75, 3.05) is 43.6 Å². The molecule has 0 radical (unpaired) electrons. The summed E-state index contributed by atoms with van der Waals surface area (Å²) in [5, 5.41) is 0. The van der Waals surface area contributed by atoms with Crippen molar-refractivity contribution in [3.05, 3.63) is 24.3 Å². The summed E-state index contributed by atoms with van der Waals surface area (Å²) in [5.41, 5.74) is 7.42. The number of likely N-dealkylation sites (N-methyl/N-ethyl adjacent to an activating group) is 2. The zero-order valence-corrected chi connectivity index (χ0v) is 11.9. The van der Waals surface area contributed by atoms with Gasteiger partial charge in [-0.2, -0.15) is 0 Å². The SMILES string of the molecule is CCN(CCN(C)S(C)(=O)=O)c1ccc(N)cc1. The van der Waals surface area contributed by atoms with Gasteiger partial charge in [0.2, 0.25) is 10.0 Å². The lowest BCUT2D eigenvalue weighted by atomic mass is 10.2. The second kappa shape index (κ2) is 6.06. The van der Waals surface area contributed by atoms with Crippen LogP contribution in [-0.4, -0.2) is 45.7 Å². The van der Waals surface area contributed by atoms with Gasteiger partial charge < -0.3 is 10.6 Å². The summed E-state index contributed by atoms with van der Waals surface area (Å²) < 4.78 is 24.0. The zero-order valence-electron chi connectivity index (χ0n) is 11.1. The lowest BCUT2D eigenvalue weighted by Gasteiger charge is -2.25. The summed E-state index contributed by atoms with van der Waals surface area (Å²) >= 11 is 0. The third kappa shape index (κ3) is 4.19. The molecular weight excluding hydrogens is 250 g/mol. The van der Waals surface area contributed by atoms with Crippen molar-refractivity contribution < 1.29 is 8.42 Å². The average molecular weight is 271 g/mol. The third-order valence-corrected chi connectivity index (χ3v) is 4.21. The van der Waals surface area contributed by atoms with Crippen LogP contribution in [0.3, 0.4) is 0 Å². The average Bonchev–Trinajstić information content (AvgIpc) is 2.30. The Morgan fingerprint density at radius 1 is 1.17 bits per heavy atom. The van der Waals surface area contributed by atoms with Gasteiger partial charge >= 0.3 is 0 Å². The molecule has 0 aromatic heterocycles. The number of nitrogens with two attached hydrogens (primary N) is 1. The van der Waals surface area contributed by atoms with Crippen LogP contribution in [0.15, 0.2) is 24.3 Å². The quantitative estimate of drug-likeness (QED) is 0.783. The maximum Gasteiger partial charge on any atom is 0.211 e. The highest BCUT2D eigenvalue weighted by atomic mass is 32.2. The van der Waals surface area contributed by atoms with Crippen LogP contribution in [-0.2, 0) is 10.0 Å². The van der Waals surface area contributed by atoms with Gasteiger partial charge in [0.25, 0.3) is 0 Å². The Bertz CT molecular complexity index is 471. The number of nitrogen functional groups attached to an aromatic ring is 1. The van der Waals surface area contributed by atoms with Crippen molar-refractivity contribution in [1.29, 1.82) is 0 Å². The molecule has 0 atom stereocenters. The zero-order chi connectivity index (χ0) is 13.8. The van der Waals surface area contributed by atoms with Crippen LogP contribution in [0, 0.1) is 0 Å². The first-order chi connectivity index (χ1) is 8.34. The molecule has 0 fully saturated rings. The second-order valence-corrected chi connectivity index (χ2v) is 6.35. The summed E-state index contributed by atoms with van der Waals surface area (Å²) in [5.74, 6) is 0. The van der Waals surface area contributed by atoms with Crippen LogP contribution in [0.5, 0.6) is 0 Å². The maximum absolute atomic E-state index is 11.3. The predicted octanol–water partition coefficient (Wildman–Crippen LogP) is 0.986. The molecule has 0 saturated carbocycles. The third-order valence-electron chi connectivity index (χ3n) is 2.89. The van der Waals surface area contributed by atoms with Crippen molar-refractivity contribution >= 4 is 21.4 Å². The van der Waals surface area contributed by atoms with E-state index in [1.165, 1.54) is 10.6 Å². The van der Waals surface area contributed by atoms with Crippen LogP contribution in [0.2, 0.25) is 0 Å². The van der Waals surface area contributed by atoms with Gasteiger partial charge in [-0.3, -0.25) is 0 Å². The minimum Gasteiger partial charge on any atom is -0.399 e. The highest BCUT2D eigenvalue weighted by Gasteiger charge is 2.12. The van der Waals surface area contributed by atoms with Crippen molar-refractivity contribution in [2.45, 2.75) is 6.92 Å². The van der Waals surface area contributed by atoms with Crippen LogP contribution < -0.4 is 10.6 Å². The molecule has 102 valence electrons. The van der Waals surface area contributed by atoms with E-state index in [0.29, 0.717) is 13.1 Å². The standard InChI is InChI=1S/C12H21N3O2S/c1-4-15(10-9-14(2)18(3,16)17)12-7-5-11(13)6-8-12/h5-8H,4,9-10,13H2,1-3H3. The van der Waals surface area contributed by atoms with Gasteiger partial charge in [-0.25, -0.2) is 12.7 Å². The Morgan fingerprint density at radius 3 is 2.17 bits per heavy atom. The molecule has 0 spiro atoms. The molecule has 0 saturated heterocycles. The molecule has 18 heavy (non-hydrogen) atoms. The minimum atomic E-state index is -3.11. The molecule has 0 aliphatic heterocycles. The van der Waals surface area contributed by atoms with E-state index in [1.54, 1.807) is 7.05 Å². The van der Waals surface area contributed by atoms with Crippen LogP contribution in [0.25, 0.3) is 0 Å². The lowest BCUT2D eigenvalue weighted by Crippen LogP contribution is -2.35. The van der Waals surface area contributed by atoms with Crippen molar-refractivity contribution in [2.24, 2.45) is 0 Å². The number of hydrogen-bond acceptors (Lipinski definition) is 4. The maximum atomic E-state index is 11.3. The van der Waals surface area contributed by atoms with Crippen LogP contribution in [0.4, 0.5) is 11.4 Å². The Morgan fingerprint density at radius 2 is 1.72 bits per heavy atom. The molecule has 0 amide bonds. The van der Waals surface area contributed by atoms with Gasteiger partial charge in [0.1, 0.15) is 0 Å². The predicted molar refractivity (Wildman–Crippen MR) is 76.2 cm³/mol. The van der Waals surface area contributed by atoms with Gasteiger partial charge in [-0.15, -0.1) is 0 Å². The number of benzene rings is 1. The summed E-state index contributed by atoms with van der Waals surface area (Å²) in [6.07, 6.45) is 1.21. The van der Waals surface area contributed by atoms with E-state index >= 15 is 0 Å². The van der Waals surface area contributed by atoms with E-state index in [0.717, 1.165) is 17.9 Å². The van der Waals surface area contributed by atoms with E-state index in [-0.39, 0.29) is 0 Å². The second-order valence-electron chi connectivity index (χ2n) is 4.26. The molecule has 1 rings (SSSR count). The minimum absolute atomic E-state index is 0.469. The van der Waals surface area contributed by atoms with Gasteiger partial charge in [-0.1, -0.05) is 0 Å². The van der Waals surface area contributed by atoms with Crippen molar-refractivity contribution in [1.82, 2.24) is 4.31 Å². The topological polar surface area (TPSA) is 66.6 Å². The van der Waals surface area contributed by atoms with Gasteiger partial charge in [0.15, 0.2) is 0 Å². The smallest absolute Gasteiger partial charge is 0.211 e. The first-order valence-electron chi connectivity index (χ1n) is 5.86. The first kappa shape index (κ1) is 14.8. The number of anilines is 2. The van der Waals surface area contributed by atoms with E-state index in [4.69, 9.17) is 5.73 Å². The van der Waals surface area contributed by atoms with E-state index in [9.17, 15) is 8.42 Å². The molecule has 1 aromatic carbocycles. The van der Waals surface area contributed by atoms with Crippen molar-refractivity contribution in [3.8, 4) is 0 Å². The van der Waals surface area contributed by atoms with E-state index in [2.05, 4.69) is 4.90 Å². The first-order valence-corrected chi connectivity index (χ1v) is 7.71. The molecule has 0 aliphatic carbocycles. The molecule has 0 aliphatic rings. The molecule has 6 heteroatoms. The highest BCUT2D eigenvalue weighted by molar-refractivity contribution is 7.88. The van der Waals surface area contributed by atoms with Gasteiger partial charge in [-0.05, 0) is 31.2 Å². The van der Waals surface area contributed by atoms with Gasteiger partial charge in [0, 0.05) is 38.1 Å². The molecule has 0 bridgehead atoms. The normalized spacial score (nSPS) is 11.8. The molecule has 0 heterocycles. The molecular formula is C12H21N3O2S. The summed E-state index contributed by atoms with van der Waals surface area (Å²) in [6, 6.07) is 7.58. The Balaban J connectivity index is 2.66. The fraction of sp³-hybridized carbons (Fsp3) is 0.500. The van der Waals surface area contributed by atoms with Crippen molar-refractivity contribution in [3.63, 3.8) is 0 Å². The Hall–Kier alpha value is -1.27. The molecule has 1 aromatic rings. The summed E-state index contributed by atoms with van der Waals surface area (Å²) in [7, 11) is -1.52. The molecule has 5 nitrogen and oxygen atoms in total. The number of nitrogens with zero attached hydrogens (tertiary/aromatic N) is 2. The monoisotopic (exact) mass is 271 g/mol. The van der Waals surface area contributed by atoms with Crippen LogP contribution >= 0.6 is 0 Å². The summed E-state index contributed by atoms with van der Waals surface area (Å²) in [4.78, 5) is 2.11. The lowest BCUT2D eigenvalue weighted by molar-refractivity contribution is 0.477. The molecule has 2 N–H and O–H groups in total. The number of rotatable bonds is 6. The number of hydrogen-bond donors (Lipinski definition) is 1. The Labute approximate surface area is 109 Å². The largest absolute Gasteiger partial charge is 0.399 e. The van der Waals surface area contributed by atoms with E-state index in [1.807, 2.05) is 31.2 Å². The Kier molecular flexibility index (Phi) is 4.98. The summed E-state index contributed by atoms with van der Waals surface area (Å²) in [6.45, 7) is 3.99.